The first-order chi connectivity index (χ1) is 20.5. The predicted octanol–water partition coefficient (Wildman–Crippen LogP) is 4.45. The average Bonchev–Trinajstić information content (AvgIpc) is 3.05. The lowest BCUT2D eigenvalue weighted by molar-refractivity contribution is 0.0374. The molecule has 220 valence electrons. The number of nitrogens with zero attached hydrogens (tertiary/aromatic N) is 3. The second-order valence-electron chi connectivity index (χ2n) is 9.83. The minimum absolute atomic E-state index is 0.141. The van der Waals surface area contributed by atoms with Gasteiger partial charge in [-0.05, 0) is 67.6 Å². The van der Waals surface area contributed by atoms with Crippen molar-refractivity contribution in [1.29, 1.82) is 0 Å². The van der Waals surface area contributed by atoms with Crippen LogP contribution in [0.4, 0.5) is 0 Å². The highest BCUT2D eigenvalue weighted by Crippen LogP contribution is 2.39. The molecule has 0 radical (unpaired) electrons. The smallest absolute Gasteiger partial charge is 0.251 e. The Morgan fingerprint density at radius 3 is 1.90 bits per heavy atom. The van der Waals surface area contributed by atoms with Crippen molar-refractivity contribution in [1.82, 2.24) is 20.2 Å². The molecule has 1 N–H and O–H groups in total. The van der Waals surface area contributed by atoms with Crippen molar-refractivity contribution in [2.75, 3.05) is 67.8 Å². The molecule has 0 aliphatic carbocycles. The number of rotatable bonds is 11. The third kappa shape index (κ3) is 6.40. The maximum Gasteiger partial charge on any atom is 0.251 e. The van der Waals surface area contributed by atoms with Gasteiger partial charge in [-0.1, -0.05) is 0 Å². The normalized spacial score (nSPS) is 13.5. The molecule has 42 heavy (non-hydrogen) atoms. The van der Waals surface area contributed by atoms with Crippen LogP contribution in [0.25, 0.3) is 33.5 Å². The maximum atomic E-state index is 13.0. The molecular weight excluding hydrogens is 536 g/mol. The fourth-order valence-electron chi connectivity index (χ4n) is 5.00. The van der Waals surface area contributed by atoms with E-state index in [1.807, 2.05) is 42.5 Å². The molecular formula is C32H36N4O6. The summed E-state index contributed by atoms with van der Waals surface area (Å²) < 4.78 is 27.4. The summed E-state index contributed by atoms with van der Waals surface area (Å²) in [5.41, 5.74) is 4.65. The van der Waals surface area contributed by atoms with Gasteiger partial charge in [-0.25, -0.2) is 9.97 Å². The lowest BCUT2D eigenvalue weighted by atomic mass is 10.0. The van der Waals surface area contributed by atoms with Gasteiger partial charge in [0.15, 0.2) is 23.0 Å². The first-order valence-corrected chi connectivity index (χ1v) is 13.9. The maximum absolute atomic E-state index is 13.0. The molecule has 2 heterocycles. The summed E-state index contributed by atoms with van der Waals surface area (Å²) in [6.45, 7) is 4.93. The Hall–Kier alpha value is -4.41. The molecule has 3 aromatic carbocycles. The van der Waals surface area contributed by atoms with Crippen LogP contribution in [0.5, 0.6) is 23.0 Å². The van der Waals surface area contributed by atoms with E-state index in [0.29, 0.717) is 57.5 Å². The molecule has 1 amide bonds. The van der Waals surface area contributed by atoms with Gasteiger partial charge in [-0.3, -0.25) is 9.69 Å². The molecule has 1 fully saturated rings. The quantitative estimate of drug-likeness (QED) is 0.261. The number of hydrogen-bond donors (Lipinski definition) is 1. The van der Waals surface area contributed by atoms with Gasteiger partial charge in [0, 0.05) is 36.3 Å². The van der Waals surface area contributed by atoms with Crippen LogP contribution in [0, 0.1) is 0 Å². The highest BCUT2D eigenvalue weighted by molar-refractivity contribution is 5.98. The van der Waals surface area contributed by atoms with Gasteiger partial charge in [-0.15, -0.1) is 0 Å². The Morgan fingerprint density at radius 2 is 1.33 bits per heavy atom. The minimum Gasteiger partial charge on any atom is -0.493 e. The Morgan fingerprint density at radius 1 is 0.762 bits per heavy atom. The molecule has 1 aromatic heterocycles. The van der Waals surface area contributed by atoms with Crippen LogP contribution in [-0.4, -0.2) is 88.6 Å². The van der Waals surface area contributed by atoms with Crippen molar-refractivity contribution in [2.45, 2.75) is 6.42 Å². The van der Waals surface area contributed by atoms with Crippen molar-refractivity contribution in [3.8, 4) is 45.5 Å². The second kappa shape index (κ2) is 13.5. The highest BCUT2D eigenvalue weighted by atomic mass is 16.5. The van der Waals surface area contributed by atoms with Crippen molar-refractivity contribution in [3.63, 3.8) is 0 Å². The van der Waals surface area contributed by atoms with Gasteiger partial charge in [0.1, 0.15) is 0 Å². The van der Waals surface area contributed by atoms with E-state index in [2.05, 4.69) is 10.2 Å². The van der Waals surface area contributed by atoms with Gasteiger partial charge in [0.2, 0.25) is 0 Å². The average molecular weight is 573 g/mol. The summed E-state index contributed by atoms with van der Waals surface area (Å²) >= 11 is 0. The number of fused-ring (bicyclic) bond motifs is 1. The van der Waals surface area contributed by atoms with E-state index in [1.165, 1.54) is 0 Å². The van der Waals surface area contributed by atoms with Crippen LogP contribution < -0.4 is 24.3 Å². The van der Waals surface area contributed by atoms with Gasteiger partial charge in [0.25, 0.3) is 5.91 Å². The Bertz CT molecular complexity index is 1550. The standard InChI is InChI=1S/C32H36N4O6/c1-38-26-10-7-21(19-28(26)40-3)30-31(22-8-11-27(39-2)29(20-22)41-4)35-25-18-23(6-9-24(25)34-30)32(37)33-12-5-13-36-14-16-42-17-15-36/h6-11,18-20H,5,12-17H2,1-4H3,(H,33,37). The van der Waals surface area contributed by atoms with E-state index in [0.717, 1.165) is 50.4 Å². The first kappa shape index (κ1) is 29.1. The fourth-order valence-corrected chi connectivity index (χ4v) is 5.00. The van der Waals surface area contributed by atoms with E-state index in [4.69, 9.17) is 33.7 Å². The van der Waals surface area contributed by atoms with Crippen LogP contribution in [0.15, 0.2) is 54.6 Å². The zero-order chi connectivity index (χ0) is 29.5. The van der Waals surface area contributed by atoms with Gasteiger partial charge >= 0.3 is 0 Å². The summed E-state index contributed by atoms with van der Waals surface area (Å²) in [6, 6.07) is 16.6. The molecule has 1 saturated heterocycles. The molecule has 4 aromatic rings. The lowest BCUT2D eigenvalue weighted by Gasteiger charge is -2.26. The van der Waals surface area contributed by atoms with Crippen LogP contribution in [-0.2, 0) is 4.74 Å². The SMILES string of the molecule is COc1ccc(-c2nc3ccc(C(=O)NCCCN4CCOCC4)cc3nc2-c2ccc(OC)c(OC)c2)cc1OC. The van der Waals surface area contributed by atoms with Gasteiger partial charge in [-0.2, -0.15) is 0 Å². The molecule has 10 nitrogen and oxygen atoms in total. The van der Waals surface area contributed by atoms with Gasteiger partial charge < -0.3 is 29.0 Å². The van der Waals surface area contributed by atoms with Crippen LogP contribution in [0.1, 0.15) is 16.8 Å². The molecule has 0 atom stereocenters. The predicted molar refractivity (Wildman–Crippen MR) is 161 cm³/mol. The number of nitrogens with one attached hydrogen (secondary N) is 1. The molecule has 5 rings (SSSR count). The summed E-state index contributed by atoms with van der Waals surface area (Å²) in [5, 5.41) is 3.04. The van der Waals surface area contributed by atoms with Crippen LogP contribution in [0.2, 0.25) is 0 Å². The summed E-state index contributed by atoms with van der Waals surface area (Å²) in [6.07, 6.45) is 0.872. The number of morpholine rings is 1. The van der Waals surface area contributed by atoms with Crippen LogP contribution >= 0.6 is 0 Å². The molecule has 0 spiro atoms. The molecule has 1 aliphatic heterocycles. The first-order valence-electron chi connectivity index (χ1n) is 13.9. The van der Waals surface area contributed by atoms with Crippen molar-refractivity contribution >= 4 is 16.9 Å². The number of methoxy groups -OCH3 is 4. The Labute approximate surface area is 245 Å². The molecule has 1 aliphatic rings. The Kier molecular flexibility index (Phi) is 9.35. The number of carbonyl (C=O) groups excluding carboxylic acids is 1. The number of amides is 1. The van der Waals surface area contributed by atoms with E-state index in [-0.39, 0.29) is 5.91 Å². The second-order valence-corrected chi connectivity index (χ2v) is 9.83. The van der Waals surface area contributed by atoms with E-state index >= 15 is 0 Å². The third-order valence-corrected chi connectivity index (χ3v) is 7.28. The van der Waals surface area contributed by atoms with Crippen LogP contribution in [0.3, 0.4) is 0 Å². The van der Waals surface area contributed by atoms with E-state index < -0.39 is 0 Å². The number of ether oxygens (including phenoxy) is 5. The molecule has 0 bridgehead atoms. The van der Waals surface area contributed by atoms with Gasteiger partial charge in [0.05, 0.1) is 64.1 Å². The number of aromatic nitrogens is 2. The molecule has 0 saturated carbocycles. The monoisotopic (exact) mass is 572 g/mol. The number of carbonyl (C=O) groups is 1. The van der Waals surface area contributed by atoms with Crippen molar-refractivity contribution < 1.29 is 28.5 Å². The lowest BCUT2D eigenvalue weighted by Crippen LogP contribution is -2.38. The van der Waals surface area contributed by atoms with E-state index in [9.17, 15) is 4.79 Å². The van der Waals surface area contributed by atoms with Crippen molar-refractivity contribution in [2.24, 2.45) is 0 Å². The van der Waals surface area contributed by atoms with E-state index in [1.54, 1.807) is 40.6 Å². The zero-order valence-corrected chi connectivity index (χ0v) is 24.4. The molecule has 0 unspecified atom stereocenters. The zero-order valence-electron chi connectivity index (χ0n) is 24.4. The van der Waals surface area contributed by atoms with Crippen molar-refractivity contribution in [3.05, 3.63) is 60.2 Å². The third-order valence-electron chi connectivity index (χ3n) is 7.28. The highest BCUT2D eigenvalue weighted by Gasteiger charge is 2.18. The summed E-state index contributed by atoms with van der Waals surface area (Å²) in [5.74, 6) is 2.23. The fraction of sp³-hybridized carbons (Fsp3) is 0.344. The topological polar surface area (TPSA) is 104 Å². The Balaban J connectivity index is 1.48. The number of hydrogen-bond acceptors (Lipinski definition) is 9. The molecule has 10 heteroatoms. The summed E-state index contributed by atoms with van der Waals surface area (Å²) in [4.78, 5) is 25.4. The number of benzene rings is 3. The summed E-state index contributed by atoms with van der Waals surface area (Å²) in [7, 11) is 6.38. The largest absolute Gasteiger partial charge is 0.493 e. The minimum atomic E-state index is -0.141.